The molecule has 0 saturated heterocycles. The Morgan fingerprint density at radius 1 is 1.12 bits per heavy atom. The van der Waals surface area contributed by atoms with Gasteiger partial charge < -0.3 is 9.32 Å². The first kappa shape index (κ1) is 16.4. The van der Waals surface area contributed by atoms with Gasteiger partial charge in [-0.25, -0.2) is 4.98 Å². The van der Waals surface area contributed by atoms with Crippen molar-refractivity contribution in [3.63, 3.8) is 0 Å². The maximum Gasteiger partial charge on any atom is 0.257 e. The van der Waals surface area contributed by atoms with Crippen molar-refractivity contribution < 1.29 is 9.21 Å². The van der Waals surface area contributed by atoms with Gasteiger partial charge in [-0.2, -0.15) is 0 Å². The van der Waals surface area contributed by atoms with E-state index in [1.807, 2.05) is 72.9 Å². The fourth-order valence-corrected chi connectivity index (χ4v) is 3.34. The fraction of sp³-hybridized carbons (Fsp3) is 0.100. The van der Waals surface area contributed by atoms with Crippen LogP contribution in [0.1, 0.15) is 10.4 Å². The average Bonchev–Trinajstić information content (AvgIpc) is 3.28. The lowest BCUT2D eigenvalue weighted by Gasteiger charge is -2.13. The number of nitrogens with zero attached hydrogens (tertiary/aromatic N) is 2. The summed E-state index contributed by atoms with van der Waals surface area (Å²) in [5, 5.41) is 6.31. The van der Waals surface area contributed by atoms with Gasteiger partial charge in [0.2, 0.25) is 0 Å². The fourth-order valence-electron chi connectivity index (χ4n) is 2.65. The Morgan fingerprint density at radius 2 is 1.96 bits per heavy atom. The molecule has 0 unspecified atom stereocenters. The molecular formula is C20H17N3O2S. The number of benzene rings is 2. The highest BCUT2D eigenvalue weighted by molar-refractivity contribution is 7.14. The van der Waals surface area contributed by atoms with Crippen LogP contribution in [0.2, 0.25) is 0 Å². The van der Waals surface area contributed by atoms with E-state index in [1.54, 1.807) is 6.07 Å². The van der Waals surface area contributed by atoms with E-state index in [9.17, 15) is 4.79 Å². The number of fused-ring (bicyclic) bond motifs is 1. The summed E-state index contributed by atoms with van der Waals surface area (Å²) in [5.41, 5.74) is 3.10. The number of thiazole rings is 1. The third-order valence-corrected chi connectivity index (χ3v) is 4.79. The zero-order valence-corrected chi connectivity index (χ0v) is 15.2. The van der Waals surface area contributed by atoms with Crippen molar-refractivity contribution in [3.8, 4) is 11.5 Å². The molecular weight excluding hydrogens is 346 g/mol. The van der Waals surface area contributed by atoms with Crippen molar-refractivity contribution >= 4 is 39.0 Å². The third kappa shape index (κ3) is 3.19. The number of hydrogen-bond acceptors (Lipinski definition) is 5. The zero-order valence-electron chi connectivity index (χ0n) is 14.4. The minimum Gasteiger partial charge on any atom is -0.454 e. The van der Waals surface area contributed by atoms with E-state index in [0.29, 0.717) is 22.1 Å². The molecule has 2 aromatic carbocycles. The molecule has 0 aliphatic rings. The number of aromatic nitrogens is 1. The second-order valence-corrected chi connectivity index (χ2v) is 6.94. The molecule has 4 rings (SSSR count). The Balaban J connectivity index is 1.54. The minimum absolute atomic E-state index is 0.181. The summed E-state index contributed by atoms with van der Waals surface area (Å²) in [7, 11) is 3.88. The van der Waals surface area contributed by atoms with Gasteiger partial charge in [-0.3, -0.25) is 10.1 Å². The molecule has 1 N–H and O–H groups in total. The van der Waals surface area contributed by atoms with Crippen molar-refractivity contribution in [1.29, 1.82) is 0 Å². The number of rotatable bonds is 4. The molecule has 6 heteroatoms. The number of para-hydroxylation sites is 1. The molecule has 0 spiro atoms. The number of nitrogens with one attached hydrogen (secondary N) is 1. The maximum atomic E-state index is 12.5. The lowest BCUT2D eigenvalue weighted by atomic mass is 10.2. The summed E-state index contributed by atoms with van der Waals surface area (Å²) in [6.45, 7) is 0. The number of hydrogen-bond donors (Lipinski definition) is 1. The topological polar surface area (TPSA) is 58.4 Å². The van der Waals surface area contributed by atoms with Crippen LogP contribution in [-0.2, 0) is 0 Å². The molecule has 5 nitrogen and oxygen atoms in total. The van der Waals surface area contributed by atoms with Crippen LogP contribution in [0.15, 0.2) is 64.4 Å². The molecule has 0 fully saturated rings. The van der Waals surface area contributed by atoms with Gasteiger partial charge in [-0.1, -0.05) is 24.3 Å². The van der Waals surface area contributed by atoms with E-state index >= 15 is 0 Å². The molecule has 0 atom stereocenters. The summed E-state index contributed by atoms with van der Waals surface area (Å²) < 4.78 is 5.83. The maximum absolute atomic E-state index is 12.5. The molecule has 130 valence electrons. The summed E-state index contributed by atoms with van der Waals surface area (Å²) in [6, 6.07) is 17.2. The van der Waals surface area contributed by atoms with Crippen LogP contribution in [0, 0.1) is 0 Å². The van der Waals surface area contributed by atoms with Crippen LogP contribution in [0.4, 0.5) is 10.8 Å². The van der Waals surface area contributed by atoms with E-state index in [0.717, 1.165) is 16.7 Å². The highest BCUT2D eigenvalue weighted by Crippen LogP contribution is 2.30. The Bertz CT molecular complexity index is 1050. The van der Waals surface area contributed by atoms with Gasteiger partial charge in [0.15, 0.2) is 10.9 Å². The van der Waals surface area contributed by atoms with Gasteiger partial charge in [-0.05, 0) is 30.3 Å². The highest BCUT2D eigenvalue weighted by Gasteiger charge is 2.13. The molecule has 2 aromatic heterocycles. The van der Waals surface area contributed by atoms with Crippen LogP contribution < -0.4 is 10.2 Å². The first-order valence-electron chi connectivity index (χ1n) is 8.13. The van der Waals surface area contributed by atoms with E-state index < -0.39 is 0 Å². The molecule has 0 aliphatic carbocycles. The average molecular weight is 363 g/mol. The summed E-state index contributed by atoms with van der Waals surface area (Å²) in [5.74, 6) is 0.511. The Kier molecular flexibility index (Phi) is 4.18. The molecule has 26 heavy (non-hydrogen) atoms. The monoisotopic (exact) mass is 363 g/mol. The van der Waals surface area contributed by atoms with Crippen LogP contribution in [-0.4, -0.2) is 25.0 Å². The van der Waals surface area contributed by atoms with Gasteiger partial charge in [0.25, 0.3) is 5.91 Å². The first-order chi connectivity index (χ1) is 12.6. The second-order valence-electron chi connectivity index (χ2n) is 6.09. The van der Waals surface area contributed by atoms with E-state index in [4.69, 9.17) is 4.42 Å². The normalized spacial score (nSPS) is 10.8. The van der Waals surface area contributed by atoms with Gasteiger partial charge in [0.1, 0.15) is 11.3 Å². The SMILES string of the molecule is CN(C)c1cccc(C(=O)Nc2nc(-c3cc4ccccc4o3)cs2)c1. The Morgan fingerprint density at radius 3 is 2.77 bits per heavy atom. The number of carbonyl (C=O) groups is 1. The van der Waals surface area contributed by atoms with Crippen LogP contribution >= 0.6 is 11.3 Å². The number of furan rings is 1. The zero-order chi connectivity index (χ0) is 18.1. The summed E-state index contributed by atoms with van der Waals surface area (Å²) >= 11 is 1.37. The highest BCUT2D eigenvalue weighted by atomic mass is 32.1. The van der Waals surface area contributed by atoms with Crippen LogP contribution in [0.5, 0.6) is 0 Å². The lowest BCUT2D eigenvalue weighted by Crippen LogP contribution is -2.14. The third-order valence-electron chi connectivity index (χ3n) is 4.03. The largest absolute Gasteiger partial charge is 0.454 e. The van der Waals surface area contributed by atoms with E-state index in [2.05, 4.69) is 10.3 Å². The molecule has 0 aliphatic heterocycles. The summed E-state index contributed by atoms with van der Waals surface area (Å²) in [4.78, 5) is 18.9. The minimum atomic E-state index is -0.181. The molecule has 4 aromatic rings. The van der Waals surface area contributed by atoms with Crippen molar-refractivity contribution in [3.05, 3.63) is 65.5 Å². The number of amides is 1. The second kappa shape index (κ2) is 6.65. The Hall–Kier alpha value is -3.12. The summed E-state index contributed by atoms with van der Waals surface area (Å²) in [6.07, 6.45) is 0. The van der Waals surface area contributed by atoms with Crippen molar-refractivity contribution in [1.82, 2.24) is 4.98 Å². The smallest absolute Gasteiger partial charge is 0.257 e. The standard InChI is InChI=1S/C20H17N3O2S/c1-23(2)15-8-5-7-14(10-15)19(24)22-20-21-16(12-26-20)18-11-13-6-3-4-9-17(13)25-18/h3-12H,1-2H3,(H,21,22,24). The van der Waals surface area contributed by atoms with Gasteiger partial charge in [0, 0.05) is 36.1 Å². The predicted octanol–water partition coefficient (Wildman–Crippen LogP) is 4.87. The van der Waals surface area contributed by atoms with Crippen LogP contribution in [0.25, 0.3) is 22.4 Å². The molecule has 0 radical (unpaired) electrons. The Labute approximate surface area is 154 Å². The molecule has 0 saturated carbocycles. The van der Waals surface area contributed by atoms with Gasteiger partial charge in [0.05, 0.1) is 0 Å². The molecule has 1 amide bonds. The van der Waals surface area contributed by atoms with Gasteiger partial charge in [-0.15, -0.1) is 11.3 Å². The van der Waals surface area contributed by atoms with Crippen molar-refractivity contribution in [2.24, 2.45) is 0 Å². The van der Waals surface area contributed by atoms with Crippen molar-refractivity contribution in [2.45, 2.75) is 0 Å². The molecule has 2 heterocycles. The van der Waals surface area contributed by atoms with E-state index in [-0.39, 0.29) is 5.91 Å². The van der Waals surface area contributed by atoms with Crippen molar-refractivity contribution in [2.75, 3.05) is 24.3 Å². The van der Waals surface area contributed by atoms with E-state index in [1.165, 1.54) is 11.3 Å². The quantitative estimate of drug-likeness (QED) is 0.562. The first-order valence-corrected chi connectivity index (χ1v) is 9.01. The lowest BCUT2D eigenvalue weighted by molar-refractivity contribution is 0.102. The predicted molar refractivity (Wildman–Crippen MR) is 106 cm³/mol. The number of carbonyl (C=O) groups excluding carboxylic acids is 1. The number of anilines is 2. The van der Waals surface area contributed by atoms with Crippen LogP contribution in [0.3, 0.4) is 0 Å². The van der Waals surface area contributed by atoms with Gasteiger partial charge >= 0.3 is 0 Å². The molecule has 0 bridgehead atoms.